The highest BCUT2D eigenvalue weighted by Gasteiger charge is 2.28. The molecule has 0 bridgehead atoms. The molecule has 0 saturated carbocycles. The Morgan fingerprint density at radius 3 is 2.71 bits per heavy atom. The largest absolute Gasteiger partial charge is 0.277 e. The second kappa shape index (κ2) is 5.95. The van der Waals surface area contributed by atoms with Gasteiger partial charge in [-0.15, -0.1) is 0 Å². The molecule has 1 aliphatic heterocycles. The van der Waals surface area contributed by atoms with Crippen LogP contribution in [0.3, 0.4) is 0 Å². The van der Waals surface area contributed by atoms with Gasteiger partial charge in [-0.3, -0.25) is 9.63 Å². The maximum absolute atomic E-state index is 14.0. The molecular weight excluding hydrogens is 337 g/mol. The molecule has 1 heterocycles. The Morgan fingerprint density at radius 1 is 1.19 bits per heavy atom. The normalized spacial score (nSPS) is 14.2. The van der Waals surface area contributed by atoms with Gasteiger partial charge in [0.15, 0.2) is 0 Å². The Balaban J connectivity index is 1.75. The van der Waals surface area contributed by atoms with E-state index in [1.807, 2.05) is 30.3 Å². The zero-order chi connectivity index (χ0) is 14.8. The monoisotopic (exact) mass is 349 g/mol. The van der Waals surface area contributed by atoms with Crippen molar-refractivity contribution in [2.45, 2.75) is 13.0 Å². The third kappa shape index (κ3) is 2.84. The molecule has 0 atom stereocenters. The molecule has 2 aromatic carbocycles. The third-order valence-electron chi connectivity index (χ3n) is 3.45. The lowest BCUT2D eigenvalue weighted by Gasteiger charge is -2.28. The number of carbonyl (C=O) groups is 1. The number of carbonyl (C=O) groups excluding carboxylic acids is 1. The molecule has 0 fully saturated rings. The van der Waals surface area contributed by atoms with Gasteiger partial charge >= 0.3 is 0 Å². The van der Waals surface area contributed by atoms with Crippen LogP contribution in [0.5, 0.6) is 0 Å². The van der Waals surface area contributed by atoms with Gasteiger partial charge in [0.2, 0.25) is 0 Å². The Kier molecular flexibility index (Phi) is 4.03. The van der Waals surface area contributed by atoms with Gasteiger partial charge in [-0.2, -0.15) is 0 Å². The smallest absolute Gasteiger partial charge is 0.267 e. The molecule has 108 valence electrons. The van der Waals surface area contributed by atoms with E-state index in [9.17, 15) is 9.18 Å². The second-order valence-corrected chi connectivity index (χ2v) is 5.66. The molecule has 3 nitrogen and oxygen atoms in total. The molecule has 5 heteroatoms. The summed E-state index contributed by atoms with van der Waals surface area (Å²) in [6.07, 6.45) is 0.446. The lowest BCUT2D eigenvalue weighted by molar-refractivity contribution is -0.135. The quantitative estimate of drug-likeness (QED) is 0.845. The van der Waals surface area contributed by atoms with Gasteiger partial charge in [0.05, 0.1) is 11.0 Å². The Hall–Kier alpha value is -1.72. The minimum atomic E-state index is -0.358. The maximum atomic E-state index is 14.0. The van der Waals surface area contributed by atoms with Crippen molar-refractivity contribution in [3.63, 3.8) is 0 Å². The van der Waals surface area contributed by atoms with E-state index in [1.165, 1.54) is 5.06 Å². The summed E-state index contributed by atoms with van der Waals surface area (Å²) in [6, 6.07) is 12.8. The van der Waals surface area contributed by atoms with Gasteiger partial charge in [-0.25, -0.2) is 9.45 Å². The Morgan fingerprint density at radius 2 is 1.95 bits per heavy atom. The molecule has 0 radical (unpaired) electrons. The Labute approximate surface area is 130 Å². The first kappa shape index (κ1) is 14.2. The van der Waals surface area contributed by atoms with E-state index in [2.05, 4.69) is 15.9 Å². The van der Waals surface area contributed by atoms with Crippen molar-refractivity contribution in [2.75, 3.05) is 6.54 Å². The molecule has 0 spiro atoms. The molecule has 0 saturated heterocycles. The SMILES string of the molecule is O=C1c2ccc(Br)c(F)c2CCN1OCc1ccccc1. The average Bonchev–Trinajstić information content (AvgIpc) is 2.51. The fourth-order valence-electron chi connectivity index (χ4n) is 2.34. The number of nitrogens with zero attached hydrogens (tertiary/aromatic N) is 1. The van der Waals surface area contributed by atoms with E-state index in [0.717, 1.165) is 5.56 Å². The number of fused-ring (bicyclic) bond motifs is 1. The number of hydroxylamine groups is 2. The minimum Gasteiger partial charge on any atom is -0.267 e. The molecule has 1 amide bonds. The van der Waals surface area contributed by atoms with Crippen LogP contribution in [0.25, 0.3) is 0 Å². The van der Waals surface area contributed by atoms with Gasteiger partial charge in [-0.1, -0.05) is 30.3 Å². The molecule has 2 aromatic rings. The Bertz CT molecular complexity index is 675. The van der Waals surface area contributed by atoms with E-state index in [4.69, 9.17) is 4.84 Å². The summed E-state index contributed by atoms with van der Waals surface area (Å²) in [6.45, 7) is 0.674. The molecule has 0 aromatic heterocycles. The van der Waals surface area contributed by atoms with E-state index >= 15 is 0 Å². The van der Waals surface area contributed by atoms with Gasteiger partial charge in [0.1, 0.15) is 12.4 Å². The first-order valence-electron chi connectivity index (χ1n) is 6.62. The number of amides is 1. The maximum Gasteiger partial charge on any atom is 0.277 e. The summed E-state index contributed by atoms with van der Waals surface area (Å²) in [5.74, 6) is -0.651. The molecule has 3 rings (SSSR count). The summed E-state index contributed by atoms with van der Waals surface area (Å²) >= 11 is 3.14. The fraction of sp³-hybridized carbons (Fsp3) is 0.188. The zero-order valence-corrected chi connectivity index (χ0v) is 12.8. The predicted molar refractivity (Wildman–Crippen MR) is 80.1 cm³/mol. The predicted octanol–water partition coefficient (Wildman–Crippen LogP) is 3.72. The molecule has 0 N–H and O–H groups in total. The molecule has 1 aliphatic rings. The van der Waals surface area contributed by atoms with Crippen LogP contribution in [0.1, 0.15) is 21.5 Å². The van der Waals surface area contributed by atoms with Crippen LogP contribution in [0.2, 0.25) is 0 Å². The standard InChI is InChI=1S/C16H13BrFNO2/c17-14-7-6-13-12(15(14)18)8-9-19(16(13)20)21-10-11-4-2-1-3-5-11/h1-7H,8-10H2. The molecular formula is C16H13BrFNO2. The summed E-state index contributed by atoms with van der Waals surface area (Å²) < 4.78 is 14.4. The molecule has 21 heavy (non-hydrogen) atoms. The van der Waals surface area contributed by atoms with E-state index in [-0.39, 0.29) is 11.7 Å². The van der Waals surface area contributed by atoms with Crippen molar-refractivity contribution < 1.29 is 14.0 Å². The van der Waals surface area contributed by atoms with Crippen molar-refractivity contribution >= 4 is 21.8 Å². The fourth-order valence-corrected chi connectivity index (χ4v) is 2.71. The minimum absolute atomic E-state index is 0.293. The highest BCUT2D eigenvalue weighted by atomic mass is 79.9. The summed E-state index contributed by atoms with van der Waals surface area (Å²) in [4.78, 5) is 17.9. The van der Waals surface area contributed by atoms with Gasteiger partial charge < -0.3 is 0 Å². The van der Waals surface area contributed by atoms with Gasteiger partial charge in [-0.05, 0) is 40.0 Å². The van der Waals surface area contributed by atoms with Crippen LogP contribution in [-0.4, -0.2) is 17.5 Å². The van der Waals surface area contributed by atoms with Crippen LogP contribution < -0.4 is 0 Å². The van der Waals surface area contributed by atoms with Crippen LogP contribution in [-0.2, 0) is 17.9 Å². The van der Waals surface area contributed by atoms with E-state index < -0.39 is 0 Å². The van der Waals surface area contributed by atoms with Crippen LogP contribution in [0, 0.1) is 5.82 Å². The van der Waals surface area contributed by atoms with Gasteiger partial charge in [0.25, 0.3) is 5.91 Å². The number of hydrogen-bond acceptors (Lipinski definition) is 2. The second-order valence-electron chi connectivity index (χ2n) is 4.80. The van der Waals surface area contributed by atoms with Crippen molar-refractivity contribution in [3.05, 3.63) is 69.4 Å². The van der Waals surface area contributed by atoms with Crippen molar-refractivity contribution in [1.29, 1.82) is 0 Å². The topological polar surface area (TPSA) is 29.5 Å². The number of hydrogen-bond donors (Lipinski definition) is 0. The van der Waals surface area contributed by atoms with E-state index in [0.29, 0.717) is 35.2 Å². The van der Waals surface area contributed by atoms with Crippen molar-refractivity contribution in [1.82, 2.24) is 5.06 Å². The van der Waals surface area contributed by atoms with Crippen LogP contribution in [0.15, 0.2) is 46.9 Å². The first-order valence-corrected chi connectivity index (χ1v) is 7.41. The summed E-state index contributed by atoms with van der Waals surface area (Å²) in [7, 11) is 0. The zero-order valence-electron chi connectivity index (χ0n) is 11.2. The van der Waals surface area contributed by atoms with Crippen LogP contribution in [0.4, 0.5) is 4.39 Å². The highest BCUT2D eigenvalue weighted by Crippen LogP contribution is 2.27. The van der Waals surface area contributed by atoms with Gasteiger partial charge in [0, 0.05) is 11.1 Å². The lowest BCUT2D eigenvalue weighted by Crippen LogP contribution is -2.38. The third-order valence-corrected chi connectivity index (χ3v) is 4.06. The molecule has 0 aliphatic carbocycles. The highest BCUT2D eigenvalue weighted by molar-refractivity contribution is 9.10. The average molecular weight is 350 g/mol. The first-order chi connectivity index (χ1) is 10.2. The summed E-state index contributed by atoms with van der Waals surface area (Å²) in [5.41, 5.74) is 1.81. The number of halogens is 2. The van der Waals surface area contributed by atoms with Crippen LogP contribution >= 0.6 is 15.9 Å². The lowest BCUT2D eigenvalue weighted by atomic mass is 10.00. The van der Waals surface area contributed by atoms with Crippen molar-refractivity contribution in [2.24, 2.45) is 0 Å². The summed E-state index contributed by atoms with van der Waals surface area (Å²) in [5, 5.41) is 1.31. The number of rotatable bonds is 3. The number of benzene rings is 2. The van der Waals surface area contributed by atoms with Crippen molar-refractivity contribution in [3.8, 4) is 0 Å². The molecule has 0 unspecified atom stereocenters. The van der Waals surface area contributed by atoms with E-state index in [1.54, 1.807) is 12.1 Å².